The predicted octanol–water partition coefficient (Wildman–Crippen LogP) is 3.03. The molecule has 0 radical (unpaired) electrons. The summed E-state index contributed by atoms with van der Waals surface area (Å²) in [5.74, 6) is -0.951. The van der Waals surface area contributed by atoms with Crippen LogP contribution in [0, 0.1) is 5.82 Å². The lowest BCUT2D eigenvalue weighted by Gasteiger charge is -2.19. The van der Waals surface area contributed by atoms with Gasteiger partial charge in [0.1, 0.15) is 11.4 Å². The summed E-state index contributed by atoms with van der Waals surface area (Å²) in [5, 5.41) is 10.5. The van der Waals surface area contributed by atoms with Crippen LogP contribution in [0.15, 0.2) is 38.8 Å². The van der Waals surface area contributed by atoms with E-state index in [1.165, 1.54) is 22.8 Å². The number of rotatable bonds is 3. The second kappa shape index (κ2) is 7.46. The summed E-state index contributed by atoms with van der Waals surface area (Å²) < 4.78 is 14.9. The quantitative estimate of drug-likeness (QED) is 0.662. The van der Waals surface area contributed by atoms with Crippen LogP contribution in [0.5, 0.6) is 5.88 Å². The van der Waals surface area contributed by atoms with Crippen LogP contribution in [-0.4, -0.2) is 20.9 Å². The Morgan fingerprint density at radius 2 is 1.84 bits per heavy atom. The van der Waals surface area contributed by atoms with Crippen LogP contribution in [0.2, 0.25) is 0 Å². The number of hydrogen-bond acceptors (Lipinski definition) is 4. The summed E-state index contributed by atoms with van der Waals surface area (Å²) in [6.07, 6.45) is 6.75. The maximum Gasteiger partial charge on any atom is 0.331 e. The van der Waals surface area contributed by atoms with Crippen molar-refractivity contribution < 1.29 is 9.50 Å². The number of aromatic nitrogens is 2. The van der Waals surface area contributed by atoms with Gasteiger partial charge in [-0.1, -0.05) is 37.8 Å². The van der Waals surface area contributed by atoms with Gasteiger partial charge in [-0.25, -0.2) is 9.18 Å². The van der Waals surface area contributed by atoms with E-state index in [-0.39, 0.29) is 17.3 Å². The molecule has 0 bridgehead atoms. The number of aromatic hydroxyl groups is 1. The van der Waals surface area contributed by atoms with Gasteiger partial charge in [0.25, 0.3) is 5.56 Å². The highest BCUT2D eigenvalue weighted by molar-refractivity contribution is 5.84. The van der Waals surface area contributed by atoms with Crippen molar-refractivity contribution in [3.8, 4) is 5.88 Å². The molecular formula is C18H20FN3O3. The topological polar surface area (TPSA) is 87.5 Å². The molecular weight excluding hydrogens is 325 g/mol. The summed E-state index contributed by atoms with van der Waals surface area (Å²) in [4.78, 5) is 30.4. The average molecular weight is 345 g/mol. The predicted molar refractivity (Wildman–Crippen MR) is 93.4 cm³/mol. The summed E-state index contributed by atoms with van der Waals surface area (Å²) in [6.45, 7) is 0. The van der Waals surface area contributed by atoms with Crippen molar-refractivity contribution in [2.24, 2.45) is 4.99 Å². The fourth-order valence-corrected chi connectivity index (χ4v) is 3.21. The fourth-order valence-electron chi connectivity index (χ4n) is 3.21. The van der Waals surface area contributed by atoms with Crippen molar-refractivity contribution in [1.82, 2.24) is 9.55 Å². The maximum atomic E-state index is 13.7. The number of aliphatic imine (C=N–C) groups is 1. The third-order valence-corrected chi connectivity index (χ3v) is 4.53. The summed E-state index contributed by atoms with van der Waals surface area (Å²) >= 11 is 0. The van der Waals surface area contributed by atoms with Gasteiger partial charge >= 0.3 is 5.69 Å². The first-order valence-electron chi connectivity index (χ1n) is 8.44. The number of hydrogen-bond donors (Lipinski definition) is 2. The van der Waals surface area contributed by atoms with Gasteiger partial charge in [-0.2, -0.15) is 0 Å². The first kappa shape index (κ1) is 17.1. The molecule has 1 heterocycles. The molecule has 2 aromatic rings. The standard InChI is InChI=1S/C18H20FN3O3/c19-14-9-5-6-10-15(14)20-11-13-16(23)21-18(25)22(17(13)24)12-7-3-1-2-4-8-12/h5-6,9-12,24H,1-4,7-8H2,(H,21,23,25). The number of benzene rings is 1. The molecule has 1 aromatic carbocycles. The first-order chi connectivity index (χ1) is 12.1. The Morgan fingerprint density at radius 1 is 1.16 bits per heavy atom. The van der Waals surface area contributed by atoms with E-state index in [0.29, 0.717) is 0 Å². The van der Waals surface area contributed by atoms with Crippen LogP contribution in [-0.2, 0) is 0 Å². The number of para-hydroxylation sites is 1. The number of H-pyrrole nitrogens is 1. The van der Waals surface area contributed by atoms with Crippen molar-refractivity contribution in [1.29, 1.82) is 0 Å². The Balaban J connectivity index is 2.02. The molecule has 25 heavy (non-hydrogen) atoms. The molecule has 7 heteroatoms. The van der Waals surface area contributed by atoms with E-state index >= 15 is 0 Å². The lowest BCUT2D eigenvalue weighted by atomic mass is 10.1. The lowest BCUT2D eigenvalue weighted by Crippen LogP contribution is -2.34. The van der Waals surface area contributed by atoms with Crippen molar-refractivity contribution >= 4 is 11.9 Å². The van der Waals surface area contributed by atoms with Crippen molar-refractivity contribution in [2.45, 2.75) is 44.6 Å². The smallest absolute Gasteiger partial charge is 0.331 e. The third-order valence-electron chi connectivity index (χ3n) is 4.53. The highest BCUT2D eigenvalue weighted by atomic mass is 19.1. The number of aromatic amines is 1. The van der Waals surface area contributed by atoms with Gasteiger partial charge in [0, 0.05) is 12.3 Å². The highest BCUT2D eigenvalue weighted by Gasteiger charge is 2.21. The first-order valence-corrected chi connectivity index (χ1v) is 8.44. The molecule has 1 fully saturated rings. The minimum atomic E-state index is -0.743. The Hall–Kier alpha value is -2.70. The maximum absolute atomic E-state index is 13.7. The molecule has 132 valence electrons. The molecule has 0 saturated heterocycles. The molecule has 0 atom stereocenters. The molecule has 1 saturated carbocycles. The van der Waals surface area contributed by atoms with Crippen molar-refractivity contribution in [2.75, 3.05) is 0 Å². The molecule has 0 aliphatic heterocycles. The van der Waals surface area contributed by atoms with Gasteiger partial charge in [-0.3, -0.25) is 19.3 Å². The molecule has 3 rings (SSSR count). The minimum absolute atomic E-state index is 0.0496. The van der Waals surface area contributed by atoms with Gasteiger partial charge in [0.15, 0.2) is 0 Å². The zero-order chi connectivity index (χ0) is 17.8. The molecule has 0 amide bonds. The Kier molecular flexibility index (Phi) is 5.11. The van der Waals surface area contributed by atoms with Gasteiger partial charge in [-0.15, -0.1) is 0 Å². The van der Waals surface area contributed by atoms with E-state index in [1.54, 1.807) is 6.07 Å². The van der Waals surface area contributed by atoms with Crippen LogP contribution in [0.1, 0.15) is 50.1 Å². The molecule has 0 spiro atoms. The molecule has 1 aliphatic rings. The number of halogens is 1. The highest BCUT2D eigenvalue weighted by Crippen LogP contribution is 2.29. The normalized spacial score (nSPS) is 16.2. The van der Waals surface area contributed by atoms with Crippen molar-refractivity contribution in [3.63, 3.8) is 0 Å². The molecule has 0 unspecified atom stereocenters. The minimum Gasteiger partial charge on any atom is -0.494 e. The van der Waals surface area contributed by atoms with Crippen LogP contribution < -0.4 is 11.2 Å². The van der Waals surface area contributed by atoms with Gasteiger partial charge in [-0.05, 0) is 25.0 Å². The van der Waals surface area contributed by atoms with E-state index in [4.69, 9.17) is 0 Å². The molecule has 1 aromatic heterocycles. The third kappa shape index (κ3) is 3.70. The average Bonchev–Trinajstić information content (AvgIpc) is 2.85. The SMILES string of the molecule is O=c1[nH]c(=O)n(C2CCCCCC2)c(O)c1C=Nc1ccccc1F. The van der Waals surface area contributed by atoms with Crippen LogP contribution in [0.3, 0.4) is 0 Å². The van der Waals surface area contributed by atoms with Crippen LogP contribution in [0.4, 0.5) is 10.1 Å². The van der Waals surface area contributed by atoms with E-state index in [0.717, 1.165) is 44.7 Å². The zero-order valence-corrected chi connectivity index (χ0v) is 13.7. The fraction of sp³-hybridized carbons (Fsp3) is 0.389. The lowest BCUT2D eigenvalue weighted by molar-refractivity contribution is 0.339. The Labute approximate surface area is 143 Å². The van der Waals surface area contributed by atoms with Crippen LogP contribution >= 0.6 is 0 Å². The van der Waals surface area contributed by atoms with Crippen molar-refractivity contribution in [3.05, 3.63) is 56.5 Å². The van der Waals surface area contributed by atoms with E-state index in [9.17, 15) is 19.1 Å². The van der Waals surface area contributed by atoms with Gasteiger partial charge in [0.05, 0.1) is 5.69 Å². The van der Waals surface area contributed by atoms with E-state index in [2.05, 4.69) is 9.98 Å². The Bertz CT molecular complexity index is 893. The number of nitrogens with zero attached hydrogens (tertiary/aromatic N) is 2. The second-order valence-electron chi connectivity index (χ2n) is 6.22. The van der Waals surface area contributed by atoms with E-state index < -0.39 is 22.9 Å². The molecule has 6 nitrogen and oxygen atoms in total. The van der Waals surface area contributed by atoms with Gasteiger partial charge < -0.3 is 5.11 Å². The Morgan fingerprint density at radius 3 is 2.52 bits per heavy atom. The second-order valence-corrected chi connectivity index (χ2v) is 6.22. The summed E-state index contributed by atoms with van der Waals surface area (Å²) in [5.41, 5.74) is -1.47. The molecule has 2 N–H and O–H groups in total. The monoisotopic (exact) mass is 345 g/mol. The van der Waals surface area contributed by atoms with Crippen LogP contribution in [0.25, 0.3) is 0 Å². The molecule has 1 aliphatic carbocycles. The summed E-state index contributed by atoms with van der Waals surface area (Å²) in [7, 11) is 0. The zero-order valence-electron chi connectivity index (χ0n) is 13.7. The van der Waals surface area contributed by atoms with Gasteiger partial charge in [0.2, 0.25) is 5.88 Å². The number of nitrogens with one attached hydrogen (secondary N) is 1. The largest absolute Gasteiger partial charge is 0.494 e. The van der Waals surface area contributed by atoms with E-state index in [1.807, 2.05) is 0 Å². The summed E-state index contributed by atoms with van der Waals surface area (Å²) in [6, 6.07) is 5.70.